The highest BCUT2D eigenvalue weighted by molar-refractivity contribution is 7.95. The third-order valence-corrected chi connectivity index (χ3v) is 28.7. The van der Waals surface area contributed by atoms with Gasteiger partial charge in [-0.2, -0.15) is 0 Å². The molecule has 0 aromatic carbocycles. The molecule has 20 heteroatoms. The highest BCUT2D eigenvalue weighted by Gasteiger charge is 2.55. The normalized spacial score (nSPS) is 14.8. The van der Waals surface area contributed by atoms with Crippen molar-refractivity contribution >= 4 is 48.2 Å². The van der Waals surface area contributed by atoms with Crippen molar-refractivity contribution in [3.8, 4) is 0 Å². The zero-order chi connectivity index (χ0) is 33.1. The quantitative estimate of drug-likeness (QED) is 0.201. The first kappa shape index (κ1) is 42.2. The molecule has 41 heavy (non-hydrogen) atoms. The maximum Gasteiger partial charge on any atom is 0.501 e. The van der Waals surface area contributed by atoms with Crippen LogP contribution in [0.2, 0.25) is 0 Å². The minimum absolute atomic E-state index is 1.98. The number of rotatable bonds is 14. The lowest BCUT2D eigenvalue weighted by Crippen LogP contribution is -2.31. The summed E-state index contributed by atoms with van der Waals surface area (Å²) in [7, 11) is 30.3. The standard InChI is InChI=1S/C21H63ClN14P5/c1-27(2)37(21,28(3)4)23-39(24-38(22,29(5)6)30(7)8,25-40(31(9)10,32(11)12)33(13)14)26-41(34(15)16,35(17)18)36(19)20/h1-21H3/q+1. The zero-order valence-corrected chi connectivity index (χ0v) is 35.1. The van der Waals surface area contributed by atoms with Gasteiger partial charge < -0.3 is 0 Å². The summed E-state index contributed by atoms with van der Waals surface area (Å²) < 4.78 is 44.8. The van der Waals surface area contributed by atoms with Gasteiger partial charge in [-0.05, 0) is 170 Å². The largest absolute Gasteiger partial charge is 0.501 e. The summed E-state index contributed by atoms with van der Waals surface area (Å²) in [5, 5.41) is 0. The van der Waals surface area contributed by atoms with Gasteiger partial charge in [-0.3, -0.25) is 9.34 Å². The first-order valence-electron chi connectivity index (χ1n) is 13.2. The molecule has 0 aliphatic carbocycles. The number of hydrogen-bond donors (Lipinski definition) is 0. The van der Waals surface area contributed by atoms with Crippen molar-refractivity contribution in [3.05, 3.63) is 0 Å². The Hall–Kier alpha value is 1.24. The molecule has 0 aromatic heterocycles. The second kappa shape index (κ2) is 15.7. The Morgan fingerprint density at radius 1 is 0.366 bits per heavy atom. The smallest absolute Gasteiger partial charge is 0.261 e. The van der Waals surface area contributed by atoms with Gasteiger partial charge in [0, 0.05) is 6.66 Å². The summed E-state index contributed by atoms with van der Waals surface area (Å²) in [6.07, 6.45) is 0. The number of nitrogens with zero attached hydrogens (tertiary/aromatic N) is 14. The van der Waals surface area contributed by atoms with E-state index in [2.05, 4.69) is 157 Å². The van der Waals surface area contributed by atoms with E-state index in [1.165, 1.54) is 0 Å². The van der Waals surface area contributed by atoms with E-state index >= 15 is 0 Å². The molecule has 0 amide bonds. The predicted molar refractivity (Wildman–Crippen MR) is 193 cm³/mol. The molecule has 0 bridgehead atoms. The Balaban J connectivity index is 9.61. The summed E-state index contributed by atoms with van der Waals surface area (Å²) >= 11 is 7.59. The average molecular weight is 702 g/mol. The van der Waals surface area contributed by atoms with Gasteiger partial charge in [0.2, 0.25) is 21.7 Å². The van der Waals surface area contributed by atoms with E-state index in [1.807, 2.05) is 37.5 Å². The van der Waals surface area contributed by atoms with Crippen LogP contribution in [0.25, 0.3) is 0 Å². The maximum absolute atomic E-state index is 7.59. The monoisotopic (exact) mass is 701 g/mol. The third kappa shape index (κ3) is 8.74. The average Bonchev–Trinajstić information content (AvgIpc) is 2.78. The molecular formula is C21H63ClN14P5+. The van der Waals surface area contributed by atoms with E-state index < -0.39 is 36.9 Å². The van der Waals surface area contributed by atoms with Crippen LogP contribution in [0.15, 0.2) is 18.1 Å². The Morgan fingerprint density at radius 3 is 0.780 bits per heavy atom. The molecule has 248 valence electrons. The van der Waals surface area contributed by atoms with Crippen molar-refractivity contribution in [1.82, 2.24) is 46.7 Å². The van der Waals surface area contributed by atoms with E-state index in [4.69, 9.17) is 29.3 Å². The summed E-state index contributed by atoms with van der Waals surface area (Å²) in [5.41, 5.74) is 0. The minimum Gasteiger partial charge on any atom is -0.261 e. The van der Waals surface area contributed by atoms with Crippen LogP contribution in [0.1, 0.15) is 0 Å². The van der Waals surface area contributed by atoms with Crippen molar-refractivity contribution < 1.29 is 0 Å². The van der Waals surface area contributed by atoms with Gasteiger partial charge in [0.25, 0.3) is 0 Å². The predicted octanol–water partition coefficient (Wildman–Crippen LogP) is 6.02. The molecule has 0 unspecified atom stereocenters. The van der Waals surface area contributed by atoms with Gasteiger partial charge in [0.15, 0.2) is 0 Å². The van der Waals surface area contributed by atoms with Crippen LogP contribution in [0, 0.1) is 0 Å². The van der Waals surface area contributed by atoms with Gasteiger partial charge in [-0.1, -0.05) is 0 Å². The molecule has 0 spiro atoms. The third-order valence-electron chi connectivity index (χ3n) is 6.76. The fourth-order valence-electron chi connectivity index (χ4n) is 4.47. The van der Waals surface area contributed by atoms with E-state index in [9.17, 15) is 0 Å². The lowest BCUT2D eigenvalue weighted by molar-refractivity contribution is 0.473. The van der Waals surface area contributed by atoms with Crippen LogP contribution in [0.4, 0.5) is 0 Å². The highest BCUT2D eigenvalue weighted by atomic mass is 35.7. The molecule has 14 nitrogen and oxygen atoms in total. The molecule has 0 heterocycles. The zero-order valence-electron chi connectivity index (χ0n) is 29.9. The SMILES string of the molecule is CN(C)P(C)(=N[P+](N=P(Cl)(N(C)C)N(C)C)(N=P(N(C)C)(N(C)C)N(C)C)N=P(N(C)C)(N(C)C)N(C)C)N(C)C. The molecule has 0 saturated carbocycles. The molecule has 0 radical (unpaired) electrons. The summed E-state index contributed by atoms with van der Waals surface area (Å²) in [4.78, 5) is 0. The van der Waals surface area contributed by atoms with E-state index in [1.54, 1.807) is 0 Å². The second-order valence-electron chi connectivity index (χ2n) is 11.8. The van der Waals surface area contributed by atoms with Gasteiger partial charge in [0.1, 0.15) is 7.36 Å². The van der Waals surface area contributed by atoms with Gasteiger partial charge in [0.05, 0.1) is 0 Å². The number of halogens is 1. The van der Waals surface area contributed by atoms with Gasteiger partial charge in [-0.15, -0.1) is 0 Å². The van der Waals surface area contributed by atoms with Crippen LogP contribution in [0.3, 0.4) is 0 Å². The number of hydrogen-bond acceptors (Lipinski definition) is 4. The fraction of sp³-hybridized carbons (Fsp3) is 1.00. The molecule has 0 aromatic rings. The van der Waals surface area contributed by atoms with Crippen molar-refractivity contribution in [1.29, 1.82) is 0 Å². The van der Waals surface area contributed by atoms with E-state index in [0.717, 1.165) is 0 Å². The Morgan fingerprint density at radius 2 is 0.610 bits per heavy atom. The summed E-state index contributed by atoms with van der Waals surface area (Å²) in [6, 6.07) is 0. The van der Waals surface area contributed by atoms with Crippen molar-refractivity contribution in [2.45, 2.75) is 0 Å². The molecule has 0 N–H and O–H groups in total. The van der Waals surface area contributed by atoms with Crippen molar-refractivity contribution in [2.75, 3.05) is 148 Å². The van der Waals surface area contributed by atoms with Crippen LogP contribution in [-0.2, 0) is 0 Å². The summed E-state index contributed by atoms with van der Waals surface area (Å²) in [6.45, 7) is -0.599. The van der Waals surface area contributed by atoms with Crippen LogP contribution >= 0.6 is 48.2 Å². The second-order valence-corrected chi connectivity index (χ2v) is 30.0. The first-order valence-corrected chi connectivity index (χ1v) is 22.6. The molecule has 0 rings (SSSR count). The molecule has 0 aliphatic heterocycles. The van der Waals surface area contributed by atoms with Crippen molar-refractivity contribution in [2.24, 2.45) is 18.1 Å². The Bertz CT molecular complexity index is 917. The topological polar surface area (TPSA) is 81.8 Å². The Kier molecular flexibility index (Phi) is 16.2. The lowest BCUT2D eigenvalue weighted by atomic mass is 11.2. The highest BCUT2D eigenvalue weighted by Crippen LogP contribution is 2.86. The van der Waals surface area contributed by atoms with Crippen molar-refractivity contribution in [3.63, 3.8) is 0 Å². The molecule has 0 saturated heterocycles. The van der Waals surface area contributed by atoms with Crippen LogP contribution < -0.4 is 0 Å². The lowest BCUT2D eigenvalue weighted by Gasteiger charge is -2.42. The fourth-order valence-corrected chi connectivity index (χ4v) is 25.8. The van der Waals surface area contributed by atoms with Gasteiger partial charge >= 0.3 is 7.87 Å². The van der Waals surface area contributed by atoms with Crippen LogP contribution in [0.5, 0.6) is 0 Å². The summed E-state index contributed by atoms with van der Waals surface area (Å²) in [5.74, 6) is 0. The molecular weight excluding hydrogens is 639 g/mol. The first-order chi connectivity index (χ1) is 18.3. The Labute approximate surface area is 260 Å². The molecule has 0 aliphatic rings. The maximum atomic E-state index is 7.59. The van der Waals surface area contributed by atoms with E-state index in [0.29, 0.717) is 0 Å². The van der Waals surface area contributed by atoms with Crippen LogP contribution in [-0.4, -0.2) is 194 Å². The van der Waals surface area contributed by atoms with Gasteiger partial charge in [-0.25, -0.2) is 37.4 Å². The van der Waals surface area contributed by atoms with E-state index in [-0.39, 0.29) is 0 Å². The molecule has 0 fully saturated rings. The minimum atomic E-state index is -3.37. The molecule has 0 atom stereocenters.